The molecule has 0 aliphatic carbocycles. The lowest BCUT2D eigenvalue weighted by molar-refractivity contribution is 0.252. The highest BCUT2D eigenvalue weighted by Gasteiger charge is 2.05. The van der Waals surface area contributed by atoms with Crippen molar-refractivity contribution >= 4 is 34.9 Å². The van der Waals surface area contributed by atoms with Gasteiger partial charge in [-0.1, -0.05) is 23.2 Å². The first-order chi connectivity index (χ1) is 8.13. The standard InChI is InChI=1S/C12H12Cl2N2O/c1-2-3-4-7-15-12(17)16-11-8-9(13)5-6-10(11)14/h5-6,8H,4,7H2,1H3,(H2,15,16,17). The van der Waals surface area contributed by atoms with Crippen LogP contribution < -0.4 is 10.6 Å². The van der Waals surface area contributed by atoms with E-state index >= 15 is 0 Å². The number of carbonyl (C=O) groups excluding carboxylic acids is 1. The van der Waals surface area contributed by atoms with Crippen molar-refractivity contribution in [1.82, 2.24) is 5.32 Å². The lowest BCUT2D eigenvalue weighted by Gasteiger charge is -2.08. The Morgan fingerprint density at radius 1 is 1.41 bits per heavy atom. The zero-order valence-electron chi connectivity index (χ0n) is 9.31. The average molecular weight is 271 g/mol. The van der Waals surface area contributed by atoms with Gasteiger partial charge in [-0.05, 0) is 25.1 Å². The second kappa shape index (κ2) is 7.05. The molecular formula is C12H12Cl2N2O. The summed E-state index contributed by atoms with van der Waals surface area (Å²) in [5, 5.41) is 6.23. The Hall–Kier alpha value is -1.37. The molecule has 0 radical (unpaired) electrons. The molecule has 2 N–H and O–H groups in total. The maximum absolute atomic E-state index is 11.5. The number of rotatable bonds is 3. The summed E-state index contributed by atoms with van der Waals surface area (Å²) in [4.78, 5) is 11.5. The molecule has 1 aromatic carbocycles. The van der Waals surface area contributed by atoms with Crippen molar-refractivity contribution in [3.05, 3.63) is 28.2 Å². The van der Waals surface area contributed by atoms with Crippen LogP contribution in [0.5, 0.6) is 0 Å². The number of benzene rings is 1. The molecule has 0 fully saturated rings. The van der Waals surface area contributed by atoms with Gasteiger partial charge in [-0.3, -0.25) is 0 Å². The van der Waals surface area contributed by atoms with Gasteiger partial charge >= 0.3 is 6.03 Å². The fourth-order valence-electron chi connectivity index (χ4n) is 1.12. The van der Waals surface area contributed by atoms with Crippen molar-refractivity contribution < 1.29 is 4.79 Å². The number of urea groups is 1. The van der Waals surface area contributed by atoms with Crippen LogP contribution in [0.4, 0.5) is 10.5 Å². The normalized spacial score (nSPS) is 9.12. The van der Waals surface area contributed by atoms with Crippen molar-refractivity contribution in [3.63, 3.8) is 0 Å². The van der Waals surface area contributed by atoms with Crippen molar-refractivity contribution in [2.45, 2.75) is 13.3 Å². The molecule has 0 saturated heterocycles. The molecule has 0 aliphatic heterocycles. The van der Waals surface area contributed by atoms with Crippen molar-refractivity contribution in [2.75, 3.05) is 11.9 Å². The molecule has 0 spiro atoms. The van der Waals surface area contributed by atoms with Crippen molar-refractivity contribution in [2.24, 2.45) is 0 Å². The SMILES string of the molecule is CC#CCCNC(=O)Nc1cc(Cl)ccc1Cl. The largest absolute Gasteiger partial charge is 0.337 e. The first kappa shape index (κ1) is 13.7. The molecule has 0 heterocycles. The fraction of sp³-hybridized carbons (Fsp3) is 0.250. The molecular weight excluding hydrogens is 259 g/mol. The second-order valence-corrected chi connectivity index (χ2v) is 4.03. The van der Waals surface area contributed by atoms with E-state index in [1.807, 2.05) is 0 Å². The predicted octanol–water partition coefficient (Wildman–Crippen LogP) is 3.53. The van der Waals surface area contributed by atoms with Crippen LogP contribution in [0.1, 0.15) is 13.3 Å². The first-order valence-electron chi connectivity index (χ1n) is 5.03. The van der Waals surface area contributed by atoms with Gasteiger partial charge < -0.3 is 10.6 Å². The number of anilines is 1. The summed E-state index contributed by atoms with van der Waals surface area (Å²) in [5.74, 6) is 5.60. The van der Waals surface area contributed by atoms with E-state index < -0.39 is 0 Å². The lowest BCUT2D eigenvalue weighted by atomic mass is 10.3. The van der Waals surface area contributed by atoms with Crippen molar-refractivity contribution in [3.8, 4) is 11.8 Å². The topological polar surface area (TPSA) is 41.1 Å². The van der Waals surface area contributed by atoms with Crippen LogP contribution >= 0.6 is 23.2 Å². The minimum absolute atomic E-state index is 0.327. The quantitative estimate of drug-likeness (QED) is 0.640. The van der Waals surface area contributed by atoms with Gasteiger partial charge in [-0.15, -0.1) is 11.8 Å². The zero-order chi connectivity index (χ0) is 12.7. The monoisotopic (exact) mass is 270 g/mol. The van der Waals surface area contributed by atoms with Gasteiger partial charge in [0.25, 0.3) is 0 Å². The number of nitrogens with one attached hydrogen (secondary N) is 2. The van der Waals surface area contributed by atoms with Crippen LogP contribution in [0, 0.1) is 11.8 Å². The van der Waals surface area contributed by atoms with E-state index in [4.69, 9.17) is 23.2 Å². The molecule has 0 unspecified atom stereocenters. The number of amides is 2. The zero-order valence-corrected chi connectivity index (χ0v) is 10.8. The third-order valence-electron chi connectivity index (χ3n) is 1.89. The van der Waals surface area contributed by atoms with E-state index in [1.54, 1.807) is 25.1 Å². The summed E-state index contributed by atoms with van der Waals surface area (Å²) in [6.45, 7) is 2.25. The molecule has 0 atom stereocenters. The molecule has 2 amide bonds. The Morgan fingerprint density at radius 2 is 2.18 bits per heavy atom. The maximum Gasteiger partial charge on any atom is 0.319 e. The highest BCUT2D eigenvalue weighted by molar-refractivity contribution is 6.35. The van der Waals surface area contributed by atoms with E-state index in [1.165, 1.54) is 0 Å². The maximum atomic E-state index is 11.5. The van der Waals surface area contributed by atoms with Gasteiger partial charge in [0.1, 0.15) is 0 Å². The van der Waals surface area contributed by atoms with E-state index in [2.05, 4.69) is 22.5 Å². The van der Waals surface area contributed by atoms with E-state index in [9.17, 15) is 4.79 Å². The third kappa shape index (κ3) is 4.99. The predicted molar refractivity (Wildman–Crippen MR) is 71.6 cm³/mol. The molecule has 1 aromatic rings. The summed E-state index contributed by atoms with van der Waals surface area (Å²) in [6.07, 6.45) is 0.618. The third-order valence-corrected chi connectivity index (χ3v) is 2.45. The van der Waals surface area contributed by atoms with Crippen LogP contribution in [0.2, 0.25) is 10.0 Å². The van der Waals surface area contributed by atoms with Gasteiger partial charge in [0.05, 0.1) is 10.7 Å². The molecule has 90 valence electrons. The summed E-state index contributed by atoms with van der Waals surface area (Å²) < 4.78 is 0. The first-order valence-corrected chi connectivity index (χ1v) is 5.78. The van der Waals surface area contributed by atoms with E-state index in [-0.39, 0.29) is 6.03 Å². The summed E-state index contributed by atoms with van der Waals surface area (Å²) in [7, 11) is 0. The fourth-order valence-corrected chi connectivity index (χ4v) is 1.46. The molecule has 0 saturated carbocycles. The average Bonchev–Trinajstić information content (AvgIpc) is 2.29. The minimum Gasteiger partial charge on any atom is -0.337 e. The lowest BCUT2D eigenvalue weighted by Crippen LogP contribution is -2.29. The Morgan fingerprint density at radius 3 is 2.88 bits per heavy atom. The highest BCUT2D eigenvalue weighted by Crippen LogP contribution is 2.25. The van der Waals surface area contributed by atoms with Gasteiger partial charge in [-0.2, -0.15) is 0 Å². The van der Waals surface area contributed by atoms with Gasteiger partial charge in [0, 0.05) is 18.0 Å². The van der Waals surface area contributed by atoms with E-state index in [0.717, 1.165) is 0 Å². The Balaban J connectivity index is 2.49. The molecule has 5 heteroatoms. The molecule has 17 heavy (non-hydrogen) atoms. The molecule has 0 aliphatic rings. The van der Waals surface area contributed by atoms with Gasteiger partial charge in [0.15, 0.2) is 0 Å². The Labute approximate surface area is 110 Å². The number of halogens is 2. The minimum atomic E-state index is -0.327. The molecule has 3 nitrogen and oxygen atoms in total. The van der Waals surface area contributed by atoms with Crippen LogP contribution in [0.15, 0.2) is 18.2 Å². The number of hydrogen-bond donors (Lipinski definition) is 2. The van der Waals surface area contributed by atoms with Crippen molar-refractivity contribution in [1.29, 1.82) is 0 Å². The van der Waals surface area contributed by atoms with Gasteiger partial charge in [-0.25, -0.2) is 4.79 Å². The number of carbonyl (C=O) groups is 1. The second-order valence-electron chi connectivity index (χ2n) is 3.18. The molecule has 0 bridgehead atoms. The molecule has 1 rings (SSSR count). The van der Waals surface area contributed by atoms with Gasteiger partial charge in [0.2, 0.25) is 0 Å². The Kier molecular flexibility index (Phi) is 5.68. The summed E-state index contributed by atoms with van der Waals surface area (Å²) in [6, 6.07) is 4.55. The molecule has 0 aromatic heterocycles. The van der Waals surface area contributed by atoms with Crippen LogP contribution in [-0.2, 0) is 0 Å². The van der Waals surface area contributed by atoms with Crippen LogP contribution in [0.25, 0.3) is 0 Å². The van der Waals surface area contributed by atoms with E-state index in [0.29, 0.717) is 28.7 Å². The summed E-state index contributed by atoms with van der Waals surface area (Å²) >= 11 is 11.7. The Bertz CT molecular complexity index is 463. The smallest absolute Gasteiger partial charge is 0.319 e. The van der Waals surface area contributed by atoms with Crippen LogP contribution in [0.3, 0.4) is 0 Å². The highest BCUT2D eigenvalue weighted by atomic mass is 35.5. The van der Waals surface area contributed by atoms with Crippen LogP contribution in [-0.4, -0.2) is 12.6 Å². The summed E-state index contributed by atoms with van der Waals surface area (Å²) in [5.41, 5.74) is 0.484. The number of hydrogen-bond acceptors (Lipinski definition) is 1.